The Kier molecular flexibility index (Phi) is 4.42. The van der Waals surface area contributed by atoms with E-state index in [1.807, 2.05) is 6.07 Å². The fraction of sp³-hybridized carbons (Fsp3) is 0.571. The summed E-state index contributed by atoms with van der Waals surface area (Å²) in [7, 11) is 3.18. The van der Waals surface area contributed by atoms with Crippen LogP contribution in [0.15, 0.2) is 12.1 Å². The van der Waals surface area contributed by atoms with Gasteiger partial charge in [0.25, 0.3) is 0 Å². The van der Waals surface area contributed by atoms with E-state index in [-0.39, 0.29) is 0 Å². The first-order chi connectivity index (χ1) is 8.78. The summed E-state index contributed by atoms with van der Waals surface area (Å²) in [6, 6.07) is 4.11. The number of alkyl halides is 1. The molecule has 0 amide bonds. The molecule has 1 N–H and O–H groups in total. The molecule has 2 rings (SSSR count). The van der Waals surface area contributed by atoms with E-state index in [9.17, 15) is 4.39 Å². The highest BCUT2D eigenvalue weighted by molar-refractivity contribution is 5.46. The third-order valence-corrected chi connectivity index (χ3v) is 3.46. The predicted octanol–water partition coefficient (Wildman–Crippen LogP) is 2.47. The van der Waals surface area contributed by atoms with Crippen molar-refractivity contribution in [2.24, 2.45) is 0 Å². The van der Waals surface area contributed by atoms with Crippen LogP contribution in [0.5, 0.6) is 11.5 Å². The van der Waals surface area contributed by atoms with Gasteiger partial charge in [-0.1, -0.05) is 0 Å². The molecule has 0 aliphatic carbocycles. The molecule has 0 bridgehead atoms. The Morgan fingerprint density at radius 2 is 1.94 bits per heavy atom. The number of rotatable bonds is 5. The topological polar surface area (TPSA) is 30.5 Å². The van der Waals surface area contributed by atoms with E-state index in [1.165, 1.54) is 12.8 Å². The van der Waals surface area contributed by atoms with Crippen molar-refractivity contribution in [1.29, 1.82) is 0 Å². The second-order valence-corrected chi connectivity index (χ2v) is 4.61. The largest absolute Gasteiger partial charge is 0.496 e. The molecule has 1 unspecified atom stereocenters. The van der Waals surface area contributed by atoms with E-state index >= 15 is 0 Å². The van der Waals surface area contributed by atoms with Crippen LogP contribution in [0.3, 0.4) is 0 Å². The summed E-state index contributed by atoms with van der Waals surface area (Å²) >= 11 is 0. The molecule has 1 atom stereocenters. The average molecular weight is 253 g/mol. The van der Waals surface area contributed by atoms with Crippen LogP contribution in [0.25, 0.3) is 0 Å². The standard InChI is InChI=1S/C14H20FNO2/c1-17-13-8-14(18-2)11(9-15)6-10(13)7-12-4-3-5-16-12/h6,8,12,16H,3-5,7,9H2,1-2H3. The van der Waals surface area contributed by atoms with Gasteiger partial charge in [0.05, 0.1) is 14.2 Å². The summed E-state index contributed by atoms with van der Waals surface area (Å²) in [6.45, 7) is 0.553. The number of nitrogens with one attached hydrogen (secondary N) is 1. The summed E-state index contributed by atoms with van der Waals surface area (Å²) in [5.41, 5.74) is 1.64. The Balaban J connectivity index is 2.26. The number of hydrogen-bond acceptors (Lipinski definition) is 3. The van der Waals surface area contributed by atoms with E-state index in [0.29, 0.717) is 17.4 Å². The second kappa shape index (κ2) is 6.05. The Hall–Kier alpha value is -1.29. The van der Waals surface area contributed by atoms with Crippen LogP contribution in [0.1, 0.15) is 24.0 Å². The fourth-order valence-electron chi connectivity index (χ4n) is 2.50. The van der Waals surface area contributed by atoms with Crippen LogP contribution >= 0.6 is 0 Å². The van der Waals surface area contributed by atoms with Crippen molar-refractivity contribution in [3.63, 3.8) is 0 Å². The molecule has 0 radical (unpaired) electrons. The van der Waals surface area contributed by atoms with Gasteiger partial charge in [0.15, 0.2) is 0 Å². The lowest BCUT2D eigenvalue weighted by molar-refractivity contribution is 0.377. The van der Waals surface area contributed by atoms with Crippen LogP contribution in [0.2, 0.25) is 0 Å². The van der Waals surface area contributed by atoms with Gasteiger partial charge in [-0.2, -0.15) is 0 Å². The van der Waals surface area contributed by atoms with Gasteiger partial charge >= 0.3 is 0 Å². The SMILES string of the molecule is COc1cc(OC)c(CC2CCCN2)cc1CF. The zero-order valence-electron chi connectivity index (χ0n) is 11.0. The maximum absolute atomic E-state index is 13.0. The van der Waals surface area contributed by atoms with Crippen LogP contribution in [0.4, 0.5) is 4.39 Å². The normalized spacial score (nSPS) is 18.9. The van der Waals surface area contributed by atoms with Crippen molar-refractivity contribution in [3.8, 4) is 11.5 Å². The quantitative estimate of drug-likeness (QED) is 0.874. The molecule has 1 saturated heterocycles. The summed E-state index contributed by atoms with van der Waals surface area (Å²) < 4.78 is 23.5. The lowest BCUT2D eigenvalue weighted by Gasteiger charge is -2.16. The molecule has 0 spiro atoms. The van der Waals surface area contributed by atoms with Gasteiger partial charge < -0.3 is 14.8 Å². The molecule has 1 aromatic rings. The molecule has 0 aromatic heterocycles. The number of ether oxygens (including phenoxy) is 2. The average Bonchev–Trinajstić information content (AvgIpc) is 2.91. The molecule has 1 aliphatic rings. The maximum atomic E-state index is 13.0. The van der Waals surface area contributed by atoms with E-state index in [4.69, 9.17) is 9.47 Å². The highest BCUT2D eigenvalue weighted by atomic mass is 19.1. The van der Waals surface area contributed by atoms with Gasteiger partial charge in [0.2, 0.25) is 0 Å². The van der Waals surface area contributed by atoms with Gasteiger partial charge in [-0.05, 0) is 37.4 Å². The van der Waals surface area contributed by atoms with Gasteiger partial charge in [0.1, 0.15) is 18.2 Å². The first-order valence-corrected chi connectivity index (χ1v) is 6.31. The molecule has 1 aliphatic heterocycles. The summed E-state index contributed by atoms with van der Waals surface area (Å²) in [6.07, 6.45) is 3.25. The van der Waals surface area contributed by atoms with Crippen molar-refractivity contribution in [2.75, 3.05) is 20.8 Å². The van der Waals surface area contributed by atoms with Crippen molar-refractivity contribution in [3.05, 3.63) is 23.3 Å². The number of halogens is 1. The summed E-state index contributed by atoms with van der Waals surface area (Å²) in [4.78, 5) is 0. The van der Waals surface area contributed by atoms with Crippen molar-refractivity contribution in [1.82, 2.24) is 5.32 Å². The molecule has 0 saturated carbocycles. The first-order valence-electron chi connectivity index (χ1n) is 6.31. The van der Waals surface area contributed by atoms with Crippen LogP contribution in [-0.2, 0) is 13.1 Å². The highest BCUT2D eigenvalue weighted by Crippen LogP contribution is 2.31. The van der Waals surface area contributed by atoms with Crippen molar-refractivity contribution in [2.45, 2.75) is 32.0 Å². The Labute approximate surface area is 107 Å². The predicted molar refractivity (Wildman–Crippen MR) is 69.1 cm³/mol. The lowest BCUT2D eigenvalue weighted by Crippen LogP contribution is -2.23. The third kappa shape index (κ3) is 2.75. The molecular weight excluding hydrogens is 233 g/mol. The number of hydrogen-bond donors (Lipinski definition) is 1. The van der Waals surface area contributed by atoms with E-state index < -0.39 is 6.67 Å². The fourth-order valence-corrected chi connectivity index (χ4v) is 2.50. The van der Waals surface area contributed by atoms with Crippen LogP contribution in [-0.4, -0.2) is 26.8 Å². The number of benzene rings is 1. The zero-order chi connectivity index (χ0) is 13.0. The lowest BCUT2D eigenvalue weighted by atomic mass is 10.0. The van der Waals surface area contributed by atoms with E-state index in [2.05, 4.69) is 5.32 Å². The molecule has 1 aromatic carbocycles. The molecule has 18 heavy (non-hydrogen) atoms. The highest BCUT2D eigenvalue weighted by Gasteiger charge is 2.18. The summed E-state index contributed by atoms with van der Waals surface area (Å²) in [5, 5.41) is 3.44. The smallest absolute Gasteiger partial charge is 0.128 e. The van der Waals surface area contributed by atoms with E-state index in [0.717, 1.165) is 24.3 Å². The van der Waals surface area contributed by atoms with Gasteiger partial charge in [-0.25, -0.2) is 4.39 Å². The second-order valence-electron chi connectivity index (χ2n) is 4.61. The molecule has 4 heteroatoms. The monoisotopic (exact) mass is 253 g/mol. The Bertz CT molecular complexity index is 403. The van der Waals surface area contributed by atoms with Crippen LogP contribution in [0, 0.1) is 0 Å². The van der Waals surface area contributed by atoms with Crippen molar-refractivity contribution >= 4 is 0 Å². The Morgan fingerprint density at radius 3 is 2.50 bits per heavy atom. The van der Waals surface area contributed by atoms with Gasteiger partial charge in [-0.3, -0.25) is 0 Å². The Morgan fingerprint density at radius 1 is 1.22 bits per heavy atom. The first kappa shape index (κ1) is 13.1. The minimum atomic E-state index is -0.516. The molecular formula is C14H20FNO2. The van der Waals surface area contributed by atoms with Crippen molar-refractivity contribution < 1.29 is 13.9 Å². The van der Waals surface area contributed by atoms with Gasteiger partial charge in [-0.15, -0.1) is 0 Å². The van der Waals surface area contributed by atoms with Crippen LogP contribution < -0.4 is 14.8 Å². The molecule has 3 nitrogen and oxygen atoms in total. The third-order valence-electron chi connectivity index (χ3n) is 3.46. The minimum absolute atomic E-state index is 0.472. The van der Waals surface area contributed by atoms with Gasteiger partial charge in [0, 0.05) is 17.7 Å². The zero-order valence-corrected chi connectivity index (χ0v) is 11.0. The summed E-state index contributed by atoms with van der Waals surface area (Å²) in [5.74, 6) is 1.33. The molecule has 100 valence electrons. The molecule has 1 fully saturated rings. The molecule has 1 heterocycles. The maximum Gasteiger partial charge on any atom is 0.128 e. The van der Waals surface area contributed by atoms with E-state index in [1.54, 1.807) is 20.3 Å². The minimum Gasteiger partial charge on any atom is -0.496 e. The number of methoxy groups -OCH3 is 2.